The third-order valence-electron chi connectivity index (χ3n) is 5.62. The van der Waals surface area contributed by atoms with Gasteiger partial charge in [-0.1, -0.05) is 42.5 Å². The van der Waals surface area contributed by atoms with E-state index in [-0.39, 0.29) is 0 Å². The summed E-state index contributed by atoms with van der Waals surface area (Å²) in [6.07, 6.45) is 0.894. The van der Waals surface area contributed by atoms with Gasteiger partial charge in [0.05, 0.1) is 12.7 Å². The first-order valence-corrected chi connectivity index (χ1v) is 9.21. The molecule has 0 amide bonds. The third kappa shape index (κ3) is 3.61. The van der Waals surface area contributed by atoms with E-state index in [1.165, 1.54) is 12.7 Å². The molecule has 142 valence electrons. The number of rotatable bonds is 4. The van der Waals surface area contributed by atoms with E-state index >= 15 is 0 Å². The topological polar surface area (TPSA) is 12.5 Å². The van der Waals surface area contributed by atoms with Crippen LogP contribution in [-0.4, -0.2) is 24.1 Å². The van der Waals surface area contributed by atoms with Gasteiger partial charge in [-0.3, -0.25) is 4.90 Å². The maximum absolute atomic E-state index is 13.0. The number of nitrogens with zero attached hydrogens (tertiary/aromatic N) is 1. The molecule has 2 aromatic carbocycles. The van der Waals surface area contributed by atoms with Crippen LogP contribution in [0.1, 0.15) is 36.0 Å². The highest BCUT2D eigenvalue weighted by Gasteiger charge is 2.37. The maximum Gasteiger partial charge on any atom is 0.416 e. The summed E-state index contributed by atoms with van der Waals surface area (Å²) in [7, 11) is 1.43. The Kier molecular flexibility index (Phi) is 4.72. The first-order chi connectivity index (χ1) is 13.0. The van der Waals surface area contributed by atoms with Gasteiger partial charge in [-0.25, -0.2) is 0 Å². The van der Waals surface area contributed by atoms with Crippen LogP contribution in [0.4, 0.5) is 13.2 Å². The third-order valence-corrected chi connectivity index (χ3v) is 5.62. The highest BCUT2D eigenvalue weighted by atomic mass is 19.4. The summed E-state index contributed by atoms with van der Waals surface area (Å²) in [4.78, 5) is 2.51. The molecule has 2 aliphatic rings. The summed E-state index contributed by atoms with van der Waals surface area (Å²) in [5.41, 5.74) is 2.49. The largest absolute Gasteiger partial charge is 0.496 e. The van der Waals surface area contributed by atoms with Crippen molar-refractivity contribution < 1.29 is 17.9 Å². The van der Waals surface area contributed by atoms with Crippen molar-refractivity contribution in [3.05, 3.63) is 71.3 Å². The van der Waals surface area contributed by atoms with Crippen molar-refractivity contribution in [1.82, 2.24) is 4.90 Å². The number of ether oxygens (including phenoxy) is 1. The second-order valence-electron chi connectivity index (χ2n) is 7.27. The van der Waals surface area contributed by atoms with Crippen LogP contribution in [-0.2, 0) is 12.7 Å². The van der Waals surface area contributed by atoms with Crippen molar-refractivity contribution in [3.8, 4) is 5.75 Å². The summed E-state index contributed by atoms with van der Waals surface area (Å²) >= 11 is 0. The van der Waals surface area contributed by atoms with Crippen LogP contribution >= 0.6 is 0 Å². The Balaban J connectivity index is 1.60. The van der Waals surface area contributed by atoms with E-state index < -0.39 is 11.7 Å². The molecule has 2 aliphatic heterocycles. The Morgan fingerprint density at radius 3 is 2.52 bits per heavy atom. The van der Waals surface area contributed by atoms with Crippen molar-refractivity contribution in [1.29, 1.82) is 0 Å². The fourth-order valence-corrected chi connectivity index (χ4v) is 4.29. The van der Waals surface area contributed by atoms with E-state index in [1.54, 1.807) is 6.07 Å². The lowest BCUT2D eigenvalue weighted by Crippen LogP contribution is -2.37. The second-order valence-corrected chi connectivity index (χ2v) is 7.27. The normalized spacial score (nSPS) is 22.6. The average Bonchev–Trinajstić information content (AvgIpc) is 2.89. The highest BCUT2D eigenvalue weighted by Crippen LogP contribution is 2.43. The van der Waals surface area contributed by atoms with Crippen LogP contribution in [0.5, 0.6) is 5.75 Å². The number of benzene rings is 2. The molecular formula is C22H22F3NO. The molecule has 2 unspecified atom stereocenters. The smallest absolute Gasteiger partial charge is 0.416 e. The van der Waals surface area contributed by atoms with Gasteiger partial charge in [-0.15, -0.1) is 0 Å². The van der Waals surface area contributed by atoms with Crippen molar-refractivity contribution in [2.24, 2.45) is 0 Å². The molecule has 5 heteroatoms. The molecule has 0 aromatic heterocycles. The molecule has 2 atom stereocenters. The van der Waals surface area contributed by atoms with E-state index in [9.17, 15) is 13.2 Å². The van der Waals surface area contributed by atoms with Gasteiger partial charge in [0, 0.05) is 24.2 Å². The Hall–Kier alpha value is -2.27. The molecule has 2 aromatic rings. The zero-order valence-electron chi connectivity index (χ0n) is 15.2. The Morgan fingerprint density at radius 2 is 1.85 bits per heavy atom. The number of alkyl halides is 3. The molecule has 27 heavy (non-hydrogen) atoms. The van der Waals surface area contributed by atoms with Crippen molar-refractivity contribution in [2.75, 3.05) is 7.11 Å². The minimum atomic E-state index is -4.36. The summed E-state index contributed by atoms with van der Waals surface area (Å²) in [5.74, 6) is 0.298. The Morgan fingerprint density at radius 1 is 1.07 bits per heavy atom. The number of methoxy groups -OCH3 is 1. The lowest BCUT2D eigenvalue weighted by Gasteiger charge is -2.34. The molecule has 1 fully saturated rings. The molecule has 4 rings (SSSR count). The van der Waals surface area contributed by atoms with Gasteiger partial charge in [-0.2, -0.15) is 13.2 Å². The van der Waals surface area contributed by atoms with Gasteiger partial charge < -0.3 is 4.74 Å². The van der Waals surface area contributed by atoms with Crippen LogP contribution in [0, 0.1) is 0 Å². The fourth-order valence-electron chi connectivity index (χ4n) is 4.29. The van der Waals surface area contributed by atoms with Crippen LogP contribution in [0.2, 0.25) is 0 Å². The van der Waals surface area contributed by atoms with E-state index in [2.05, 4.69) is 35.2 Å². The molecule has 1 saturated heterocycles. The quantitative estimate of drug-likeness (QED) is 0.698. The van der Waals surface area contributed by atoms with E-state index in [0.717, 1.165) is 49.1 Å². The van der Waals surface area contributed by atoms with Gasteiger partial charge in [-0.05, 0) is 42.5 Å². The number of fused-ring (bicyclic) bond motifs is 2. The van der Waals surface area contributed by atoms with E-state index in [1.807, 2.05) is 6.07 Å². The highest BCUT2D eigenvalue weighted by molar-refractivity contribution is 5.73. The number of halogens is 3. The van der Waals surface area contributed by atoms with Crippen LogP contribution in [0.25, 0.3) is 5.57 Å². The van der Waals surface area contributed by atoms with Crippen LogP contribution in [0.3, 0.4) is 0 Å². The van der Waals surface area contributed by atoms with Crippen molar-refractivity contribution >= 4 is 5.57 Å². The zero-order chi connectivity index (χ0) is 19.0. The van der Waals surface area contributed by atoms with Crippen molar-refractivity contribution in [2.45, 2.75) is 44.1 Å². The summed E-state index contributed by atoms with van der Waals surface area (Å²) in [5, 5.41) is 0. The second kappa shape index (κ2) is 7.04. The zero-order valence-corrected chi connectivity index (χ0v) is 15.2. The first kappa shape index (κ1) is 18.1. The summed E-state index contributed by atoms with van der Waals surface area (Å²) in [6.45, 7) is 0.907. The molecule has 2 bridgehead atoms. The van der Waals surface area contributed by atoms with Gasteiger partial charge >= 0.3 is 6.18 Å². The van der Waals surface area contributed by atoms with Gasteiger partial charge in [0.15, 0.2) is 0 Å². The predicted octanol–water partition coefficient (Wildman–Crippen LogP) is 5.53. The van der Waals surface area contributed by atoms with Crippen LogP contribution < -0.4 is 4.74 Å². The molecule has 2 nitrogen and oxygen atoms in total. The van der Waals surface area contributed by atoms with E-state index in [0.29, 0.717) is 17.8 Å². The van der Waals surface area contributed by atoms with E-state index in [4.69, 9.17) is 4.74 Å². The van der Waals surface area contributed by atoms with Gasteiger partial charge in [0.1, 0.15) is 5.75 Å². The SMILES string of the molecule is COc1cc(C(F)(F)F)ccc1C1=CC2CCC(C1)N2Cc1ccccc1. The Labute approximate surface area is 157 Å². The summed E-state index contributed by atoms with van der Waals surface area (Å²) in [6, 6.07) is 14.9. The minimum absolute atomic E-state index is 0.298. The number of hydrogen-bond acceptors (Lipinski definition) is 2. The molecule has 0 radical (unpaired) electrons. The lowest BCUT2D eigenvalue weighted by atomic mass is 9.93. The predicted molar refractivity (Wildman–Crippen MR) is 99.4 cm³/mol. The summed E-state index contributed by atoms with van der Waals surface area (Å²) < 4.78 is 44.3. The lowest BCUT2D eigenvalue weighted by molar-refractivity contribution is -0.137. The van der Waals surface area contributed by atoms with Crippen molar-refractivity contribution in [3.63, 3.8) is 0 Å². The van der Waals surface area contributed by atoms with Crippen LogP contribution in [0.15, 0.2) is 54.6 Å². The number of hydrogen-bond donors (Lipinski definition) is 0. The average molecular weight is 373 g/mol. The van der Waals surface area contributed by atoms with Gasteiger partial charge in [0.2, 0.25) is 0 Å². The first-order valence-electron chi connectivity index (χ1n) is 9.21. The molecule has 0 spiro atoms. The molecule has 0 saturated carbocycles. The maximum atomic E-state index is 13.0. The molecule has 2 heterocycles. The molecule has 0 N–H and O–H groups in total. The standard InChI is InChI=1S/C22H22F3NO/c1-27-21-13-17(22(23,24)25)7-10-20(21)16-11-18-8-9-19(12-16)26(18)14-15-5-3-2-4-6-15/h2-7,10-11,13,18-19H,8-9,12,14H2,1H3. The minimum Gasteiger partial charge on any atom is -0.496 e. The fraction of sp³-hybridized carbons (Fsp3) is 0.364. The Bertz CT molecular complexity index is 844. The monoisotopic (exact) mass is 373 g/mol. The molecular weight excluding hydrogens is 351 g/mol. The van der Waals surface area contributed by atoms with Gasteiger partial charge in [0.25, 0.3) is 0 Å². The molecule has 0 aliphatic carbocycles.